The van der Waals surface area contributed by atoms with Gasteiger partial charge in [0.25, 0.3) is 10.0 Å². The van der Waals surface area contributed by atoms with Crippen molar-refractivity contribution < 1.29 is 18.0 Å². The van der Waals surface area contributed by atoms with Crippen molar-refractivity contribution >= 4 is 62.3 Å². The molecular formula is C31H34Cl3N3O4S. The maximum absolute atomic E-state index is 14.2. The van der Waals surface area contributed by atoms with Crippen LogP contribution < -0.4 is 9.62 Å². The summed E-state index contributed by atoms with van der Waals surface area (Å²) in [4.78, 5) is 29.2. The van der Waals surface area contributed by atoms with Crippen LogP contribution in [0.25, 0.3) is 0 Å². The second-order valence-electron chi connectivity index (χ2n) is 10.3. The smallest absolute Gasteiger partial charge is 0.264 e. The Hall–Kier alpha value is -2.78. The molecule has 0 radical (unpaired) electrons. The maximum Gasteiger partial charge on any atom is 0.264 e. The molecule has 11 heteroatoms. The highest BCUT2D eigenvalue weighted by atomic mass is 35.5. The molecule has 3 aromatic carbocycles. The Kier molecular flexibility index (Phi) is 11.2. The molecule has 0 aromatic heterocycles. The van der Waals surface area contributed by atoms with Crippen molar-refractivity contribution in [3.05, 3.63) is 93.4 Å². The Labute approximate surface area is 262 Å². The zero-order valence-electron chi connectivity index (χ0n) is 23.3. The SMILES string of the molecule is CC[C@H](C(=O)NC1CCCCC1)N(Cc1ccc(Cl)cc1)C(=O)CN(c1cccc(Cl)c1Cl)S(=O)(=O)c1ccccc1. The van der Waals surface area contributed by atoms with Crippen LogP contribution in [0.5, 0.6) is 0 Å². The number of anilines is 1. The molecule has 2 amide bonds. The summed E-state index contributed by atoms with van der Waals surface area (Å²) in [6.45, 7) is 1.31. The molecule has 0 unspecified atom stereocenters. The van der Waals surface area contributed by atoms with E-state index in [-0.39, 0.29) is 39.1 Å². The Morgan fingerprint density at radius 1 is 0.905 bits per heavy atom. The molecule has 1 saturated carbocycles. The summed E-state index contributed by atoms with van der Waals surface area (Å²) in [6.07, 6.45) is 5.35. The number of nitrogens with one attached hydrogen (secondary N) is 1. The number of nitrogens with zero attached hydrogens (tertiary/aromatic N) is 2. The highest BCUT2D eigenvalue weighted by Gasteiger charge is 2.35. The molecular weight excluding hydrogens is 617 g/mol. The molecule has 0 saturated heterocycles. The van der Waals surface area contributed by atoms with Crippen LogP contribution in [0.1, 0.15) is 51.0 Å². The summed E-state index contributed by atoms with van der Waals surface area (Å²) in [5.74, 6) is -0.823. The van der Waals surface area contributed by atoms with Gasteiger partial charge in [-0.15, -0.1) is 0 Å². The molecule has 1 atom stereocenters. The van der Waals surface area contributed by atoms with Crippen molar-refractivity contribution in [2.45, 2.75) is 69.0 Å². The fourth-order valence-corrected chi connectivity index (χ4v) is 7.19. The minimum Gasteiger partial charge on any atom is -0.352 e. The molecule has 1 fully saturated rings. The van der Waals surface area contributed by atoms with Crippen molar-refractivity contribution in [3.63, 3.8) is 0 Å². The lowest BCUT2D eigenvalue weighted by atomic mass is 9.95. The fourth-order valence-electron chi connectivity index (χ4n) is 5.17. The second-order valence-corrected chi connectivity index (χ2v) is 13.4. The molecule has 1 aliphatic carbocycles. The molecule has 1 aliphatic rings. The van der Waals surface area contributed by atoms with Crippen LogP contribution in [0.2, 0.25) is 15.1 Å². The van der Waals surface area contributed by atoms with Crippen LogP contribution in [0.15, 0.2) is 77.7 Å². The minimum atomic E-state index is -4.25. The number of carbonyl (C=O) groups excluding carboxylic acids is 2. The monoisotopic (exact) mass is 649 g/mol. The van der Waals surface area contributed by atoms with E-state index < -0.39 is 28.5 Å². The predicted molar refractivity (Wildman–Crippen MR) is 169 cm³/mol. The van der Waals surface area contributed by atoms with Crippen LogP contribution in [0, 0.1) is 0 Å². The van der Waals surface area contributed by atoms with Crippen LogP contribution in [-0.2, 0) is 26.2 Å². The molecule has 0 bridgehead atoms. The Balaban J connectivity index is 1.72. The Morgan fingerprint density at radius 2 is 1.57 bits per heavy atom. The van der Waals surface area contributed by atoms with Crippen molar-refractivity contribution in [2.24, 2.45) is 0 Å². The molecule has 0 spiro atoms. The van der Waals surface area contributed by atoms with E-state index in [0.717, 1.165) is 42.0 Å². The summed E-state index contributed by atoms with van der Waals surface area (Å²) in [6, 6.07) is 18.6. The quantitative estimate of drug-likeness (QED) is 0.240. The second kappa shape index (κ2) is 14.6. The first-order valence-electron chi connectivity index (χ1n) is 14.0. The van der Waals surface area contributed by atoms with Gasteiger partial charge in [-0.1, -0.05) is 97.4 Å². The molecule has 7 nitrogen and oxygen atoms in total. The number of amides is 2. The lowest BCUT2D eigenvalue weighted by Gasteiger charge is -2.34. The molecule has 4 rings (SSSR count). The number of sulfonamides is 1. The number of benzene rings is 3. The van der Waals surface area contributed by atoms with Crippen molar-refractivity contribution in [1.82, 2.24) is 10.2 Å². The highest BCUT2D eigenvalue weighted by Crippen LogP contribution is 2.35. The van der Waals surface area contributed by atoms with E-state index in [1.807, 2.05) is 6.92 Å². The first-order valence-corrected chi connectivity index (χ1v) is 16.5. The lowest BCUT2D eigenvalue weighted by Crippen LogP contribution is -2.54. The van der Waals surface area contributed by atoms with Gasteiger partial charge in [-0.05, 0) is 61.2 Å². The summed E-state index contributed by atoms with van der Waals surface area (Å²) in [5.41, 5.74) is 0.808. The third-order valence-corrected chi connectivity index (χ3v) is 10.2. The number of halogens is 3. The largest absolute Gasteiger partial charge is 0.352 e. The average molecular weight is 651 g/mol. The third-order valence-electron chi connectivity index (χ3n) is 7.41. The van der Waals surface area contributed by atoms with Crippen LogP contribution in [-0.4, -0.2) is 43.8 Å². The topological polar surface area (TPSA) is 86.8 Å². The fraction of sp³-hybridized carbons (Fsp3) is 0.355. The van der Waals surface area contributed by atoms with Crippen LogP contribution in [0.3, 0.4) is 0 Å². The summed E-state index contributed by atoms with van der Waals surface area (Å²) < 4.78 is 28.8. The van der Waals surface area contributed by atoms with Gasteiger partial charge in [0.05, 0.1) is 20.6 Å². The maximum atomic E-state index is 14.2. The van der Waals surface area contributed by atoms with E-state index in [1.165, 1.54) is 29.2 Å². The van der Waals surface area contributed by atoms with Crippen LogP contribution >= 0.6 is 34.8 Å². The van der Waals surface area contributed by atoms with Gasteiger partial charge in [-0.3, -0.25) is 13.9 Å². The Bertz CT molecular complexity index is 1480. The van der Waals surface area contributed by atoms with Gasteiger partial charge in [-0.25, -0.2) is 8.42 Å². The lowest BCUT2D eigenvalue weighted by molar-refractivity contribution is -0.140. The molecule has 3 aromatic rings. The highest BCUT2D eigenvalue weighted by molar-refractivity contribution is 7.92. The average Bonchev–Trinajstić information content (AvgIpc) is 2.99. The van der Waals surface area contributed by atoms with Gasteiger partial charge >= 0.3 is 0 Å². The zero-order valence-corrected chi connectivity index (χ0v) is 26.4. The number of carbonyl (C=O) groups is 2. The number of hydrogen-bond donors (Lipinski definition) is 1. The normalized spacial score (nSPS) is 14.7. The summed E-state index contributed by atoms with van der Waals surface area (Å²) in [5, 5.41) is 3.81. The first kappa shape index (κ1) is 32.1. The van der Waals surface area contributed by atoms with E-state index in [2.05, 4.69) is 5.32 Å². The van der Waals surface area contributed by atoms with Gasteiger partial charge in [0, 0.05) is 17.6 Å². The summed E-state index contributed by atoms with van der Waals surface area (Å²) in [7, 11) is -4.25. The van der Waals surface area contributed by atoms with Gasteiger partial charge < -0.3 is 10.2 Å². The standard InChI is InChI=1S/C31H34Cl3N3O4S/c1-2-27(31(39)35-24-10-5-3-6-11-24)36(20-22-16-18-23(32)19-17-22)29(38)21-37(28-15-9-14-26(33)30(28)34)42(40,41)25-12-7-4-8-13-25/h4,7-9,12-19,24,27H,2-3,5-6,10-11,20-21H2,1H3,(H,35,39)/t27-/m1/s1. The van der Waals surface area contributed by atoms with E-state index >= 15 is 0 Å². The van der Waals surface area contributed by atoms with E-state index in [1.54, 1.807) is 48.5 Å². The van der Waals surface area contributed by atoms with Crippen molar-refractivity contribution in [2.75, 3.05) is 10.8 Å². The molecule has 0 heterocycles. The minimum absolute atomic E-state index is 0.00203. The molecule has 1 N–H and O–H groups in total. The number of rotatable bonds is 11. The first-order chi connectivity index (χ1) is 20.1. The van der Waals surface area contributed by atoms with Gasteiger partial charge in [0.1, 0.15) is 12.6 Å². The van der Waals surface area contributed by atoms with E-state index in [9.17, 15) is 18.0 Å². The predicted octanol–water partition coefficient (Wildman–Crippen LogP) is 7.10. The van der Waals surface area contributed by atoms with E-state index in [4.69, 9.17) is 34.8 Å². The zero-order chi connectivity index (χ0) is 30.3. The van der Waals surface area contributed by atoms with Gasteiger partial charge in [-0.2, -0.15) is 0 Å². The van der Waals surface area contributed by atoms with Gasteiger partial charge in [0.2, 0.25) is 11.8 Å². The van der Waals surface area contributed by atoms with Crippen LogP contribution in [0.4, 0.5) is 5.69 Å². The molecule has 42 heavy (non-hydrogen) atoms. The van der Waals surface area contributed by atoms with Gasteiger partial charge in [0.15, 0.2) is 0 Å². The molecule has 224 valence electrons. The third kappa shape index (κ3) is 7.78. The molecule has 0 aliphatic heterocycles. The summed E-state index contributed by atoms with van der Waals surface area (Å²) >= 11 is 18.9. The van der Waals surface area contributed by atoms with E-state index in [0.29, 0.717) is 11.4 Å². The Morgan fingerprint density at radius 3 is 2.21 bits per heavy atom. The van der Waals surface area contributed by atoms with Crippen molar-refractivity contribution in [3.8, 4) is 0 Å². The van der Waals surface area contributed by atoms with Crippen molar-refractivity contribution in [1.29, 1.82) is 0 Å². The number of hydrogen-bond acceptors (Lipinski definition) is 4.